The van der Waals surface area contributed by atoms with Gasteiger partial charge in [0, 0.05) is 12.8 Å². The van der Waals surface area contributed by atoms with Crippen molar-refractivity contribution in [3.8, 4) is 0 Å². The van der Waals surface area contributed by atoms with Crippen molar-refractivity contribution in [3.05, 3.63) is 12.2 Å². The van der Waals surface area contributed by atoms with Crippen LogP contribution in [0.1, 0.15) is 444 Å². The Labute approximate surface area is 520 Å². The summed E-state index contributed by atoms with van der Waals surface area (Å²) in [5, 5.41) is 23.4. The molecule has 0 aliphatic heterocycles. The largest absolute Gasteiger partial charge is 0.466 e. The second-order valence-electron chi connectivity index (χ2n) is 26.7. The first-order valence-electron chi connectivity index (χ1n) is 38.4. The van der Waals surface area contributed by atoms with Gasteiger partial charge in [0.1, 0.15) is 0 Å². The molecule has 0 bridgehead atoms. The van der Waals surface area contributed by atoms with Gasteiger partial charge in [0.15, 0.2) is 0 Å². The van der Waals surface area contributed by atoms with E-state index in [0.717, 1.165) is 44.9 Å². The van der Waals surface area contributed by atoms with Crippen LogP contribution in [0.15, 0.2) is 12.2 Å². The maximum Gasteiger partial charge on any atom is 0.305 e. The van der Waals surface area contributed by atoms with Crippen molar-refractivity contribution in [2.75, 3.05) is 13.2 Å². The van der Waals surface area contributed by atoms with Gasteiger partial charge in [-0.15, -0.1) is 0 Å². The number of hydrogen-bond donors (Lipinski definition) is 3. The Morgan fingerprint density at radius 3 is 0.855 bits per heavy atom. The summed E-state index contributed by atoms with van der Waals surface area (Å²) >= 11 is 0. The standard InChI is InChI=1S/C77H151NO5/c1-3-5-7-9-11-13-15-17-19-21-22-35-38-41-45-49-53-57-61-65-69-75(80)74(73-79)78-76(81)70-66-62-58-54-50-46-42-39-36-33-31-29-27-25-23-24-26-28-30-32-34-37-40-44-48-52-56-60-64-68-72-83-77(82)71-67-63-59-55-51-47-43-20-18-16-14-12-10-8-6-4-2/h20,43,74-75,79-80H,3-19,21-42,44-73H2,1-2H3,(H,78,81)/b43-20-. The summed E-state index contributed by atoms with van der Waals surface area (Å²) in [5.74, 6) is -0.0119. The van der Waals surface area contributed by atoms with E-state index in [1.54, 1.807) is 0 Å². The number of allylic oxidation sites excluding steroid dienone is 2. The van der Waals surface area contributed by atoms with Crippen molar-refractivity contribution in [1.82, 2.24) is 5.32 Å². The fraction of sp³-hybridized carbons (Fsp3) is 0.948. The van der Waals surface area contributed by atoms with E-state index in [4.69, 9.17) is 4.74 Å². The Balaban J connectivity index is 3.33. The van der Waals surface area contributed by atoms with Crippen LogP contribution in [0.2, 0.25) is 0 Å². The topological polar surface area (TPSA) is 95.9 Å². The fourth-order valence-electron chi connectivity index (χ4n) is 12.5. The first-order chi connectivity index (χ1) is 41.0. The van der Waals surface area contributed by atoms with Gasteiger partial charge in [0.2, 0.25) is 5.91 Å². The molecule has 1 amide bonds. The van der Waals surface area contributed by atoms with E-state index >= 15 is 0 Å². The van der Waals surface area contributed by atoms with Gasteiger partial charge in [0.25, 0.3) is 0 Å². The Hall–Kier alpha value is -1.40. The molecule has 2 unspecified atom stereocenters. The molecule has 0 rings (SSSR count). The first kappa shape index (κ1) is 81.6. The lowest BCUT2D eigenvalue weighted by molar-refractivity contribution is -0.143. The zero-order chi connectivity index (χ0) is 59.9. The number of aliphatic hydroxyl groups excluding tert-OH is 2. The molecule has 2 atom stereocenters. The molecule has 0 aromatic carbocycles. The second kappa shape index (κ2) is 73.1. The summed E-state index contributed by atoms with van der Waals surface area (Å²) < 4.78 is 5.50. The molecule has 0 aliphatic carbocycles. The number of amides is 1. The third-order valence-corrected chi connectivity index (χ3v) is 18.3. The number of unbranched alkanes of at least 4 members (excludes halogenated alkanes) is 60. The number of rotatable bonds is 73. The van der Waals surface area contributed by atoms with Gasteiger partial charge in [-0.3, -0.25) is 9.59 Å². The highest BCUT2D eigenvalue weighted by Crippen LogP contribution is 2.20. The smallest absolute Gasteiger partial charge is 0.305 e. The molecule has 3 N–H and O–H groups in total. The molecule has 0 aliphatic rings. The Kier molecular flexibility index (Phi) is 71.8. The number of hydrogen-bond acceptors (Lipinski definition) is 5. The summed E-state index contributed by atoms with van der Waals surface area (Å²) in [4.78, 5) is 24.6. The van der Waals surface area contributed by atoms with Gasteiger partial charge < -0.3 is 20.3 Å². The van der Waals surface area contributed by atoms with Crippen molar-refractivity contribution in [2.45, 2.75) is 456 Å². The van der Waals surface area contributed by atoms with E-state index in [2.05, 4.69) is 31.3 Å². The first-order valence-corrected chi connectivity index (χ1v) is 38.4. The van der Waals surface area contributed by atoms with Gasteiger partial charge in [-0.25, -0.2) is 0 Å². The van der Waals surface area contributed by atoms with Crippen molar-refractivity contribution in [2.24, 2.45) is 0 Å². The second-order valence-corrected chi connectivity index (χ2v) is 26.7. The molecule has 494 valence electrons. The zero-order valence-corrected chi connectivity index (χ0v) is 56.7. The monoisotopic (exact) mass is 1170 g/mol. The number of aliphatic hydroxyl groups is 2. The molecular weight excluding hydrogens is 1020 g/mol. The summed E-state index contributed by atoms with van der Waals surface area (Å²) in [5.41, 5.74) is 0. The van der Waals surface area contributed by atoms with Crippen molar-refractivity contribution in [1.29, 1.82) is 0 Å². The molecule has 6 nitrogen and oxygen atoms in total. The number of carbonyl (C=O) groups excluding carboxylic acids is 2. The summed E-state index contributed by atoms with van der Waals surface area (Å²) in [6, 6.07) is -0.539. The average molecular weight is 1170 g/mol. The molecule has 83 heavy (non-hydrogen) atoms. The van der Waals surface area contributed by atoms with Crippen LogP contribution in [0, 0.1) is 0 Å². The molecular formula is C77H151NO5. The Bertz CT molecular complexity index is 1260. The van der Waals surface area contributed by atoms with Gasteiger partial charge in [-0.1, -0.05) is 392 Å². The van der Waals surface area contributed by atoms with E-state index in [-0.39, 0.29) is 18.5 Å². The minimum Gasteiger partial charge on any atom is -0.466 e. The third kappa shape index (κ3) is 69.6. The lowest BCUT2D eigenvalue weighted by Gasteiger charge is -2.22. The molecule has 0 fully saturated rings. The predicted molar refractivity (Wildman–Crippen MR) is 366 cm³/mol. The van der Waals surface area contributed by atoms with E-state index in [9.17, 15) is 19.8 Å². The predicted octanol–water partition coefficient (Wildman–Crippen LogP) is 25.1. The molecule has 6 heteroatoms. The number of ether oxygens (including phenoxy) is 1. The maximum absolute atomic E-state index is 12.6. The lowest BCUT2D eigenvalue weighted by Crippen LogP contribution is -2.45. The van der Waals surface area contributed by atoms with Crippen LogP contribution < -0.4 is 5.32 Å². The van der Waals surface area contributed by atoms with Gasteiger partial charge in [-0.2, -0.15) is 0 Å². The van der Waals surface area contributed by atoms with Crippen LogP contribution in [0.25, 0.3) is 0 Å². The Morgan fingerprint density at radius 1 is 0.325 bits per heavy atom. The summed E-state index contributed by atoms with van der Waals surface area (Å²) in [6.07, 6.45) is 91.5. The number of esters is 1. The van der Waals surface area contributed by atoms with Crippen molar-refractivity contribution in [3.63, 3.8) is 0 Å². The van der Waals surface area contributed by atoms with E-state index in [1.165, 1.54) is 366 Å². The fourth-order valence-corrected chi connectivity index (χ4v) is 12.5. The van der Waals surface area contributed by atoms with Gasteiger partial charge >= 0.3 is 5.97 Å². The maximum atomic E-state index is 12.6. The Morgan fingerprint density at radius 2 is 0.566 bits per heavy atom. The molecule has 0 saturated carbocycles. The highest BCUT2D eigenvalue weighted by Gasteiger charge is 2.20. The summed E-state index contributed by atoms with van der Waals surface area (Å²) in [7, 11) is 0. The highest BCUT2D eigenvalue weighted by atomic mass is 16.5. The number of nitrogens with one attached hydrogen (secondary N) is 1. The minimum atomic E-state index is -0.662. The van der Waals surface area contributed by atoms with E-state index in [1.807, 2.05) is 0 Å². The zero-order valence-electron chi connectivity index (χ0n) is 56.7. The third-order valence-electron chi connectivity index (χ3n) is 18.3. The number of carbonyl (C=O) groups is 2. The molecule has 0 spiro atoms. The molecule has 0 saturated heterocycles. The van der Waals surface area contributed by atoms with Gasteiger partial charge in [-0.05, 0) is 51.4 Å². The molecule has 0 heterocycles. The highest BCUT2D eigenvalue weighted by molar-refractivity contribution is 5.76. The van der Waals surface area contributed by atoms with Gasteiger partial charge in [0.05, 0.1) is 25.4 Å². The molecule has 0 aromatic rings. The molecule has 0 aromatic heterocycles. The van der Waals surface area contributed by atoms with Crippen LogP contribution in [0.3, 0.4) is 0 Å². The van der Waals surface area contributed by atoms with Crippen LogP contribution in [-0.2, 0) is 14.3 Å². The van der Waals surface area contributed by atoms with Crippen LogP contribution >= 0.6 is 0 Å². The van der Waals surface area contributed by atoms with E-state index < -0.39 is 12.1 Å². The van der Waals surface area contributed by atoms with Crippen LogP contribution in [0.4, 0.5) is 0 Å². The van der Waals surface area contributed by atoms with E-state index in [0.29, 0.717) is 25.9 Å². The quantitative estimate of drug-likeness (QED) is 0.0320. The van der Waals surface area contributed by atoms with Crippen LogP contribution in [0.5, 0.6) is 0 Å². The van der Waals surface area contributed by atoms with Crippen molar-refractivity contribution < 1.29 is 24.5 Å². The molecule has 0 radical (unpaired) electrons. The van der Waals surface area contributed by atoms with Crippen LogP contribution in [-0.4, -0.2) is 47.4 Å². The normalized spacial score (nSPS) is 12.5. The van der Waals surface area contributed by atoms with Crippen molar-refractivity contribution >= 4 is 11.9 Å². The SMILES string of the molecule is CCCCCCCCC/C=C\CCCCCCCC(=O)OCCCCCCCCCCCCCCCCCCCCCCCCCCCCCCCCC(=O)NC(CO)C(O)CCCCCCCCCCCCCCCCCCCCCC. The minimum absolute atomic E-state index is 0.0139. The summed E-state index contributed by atoms with van der Waals surface area (Å²) in [6.45, 7) is 5.00. The average Bonchev–Trinajstić information content (AvgIpc) is 3.48. The lowest BCUT2D eigenvalue weighted by atomic mass is 10.0.